The summed E-state index contributed by atoms with van der Waals surface area (Å²) in [6.45, 7) is 6.67. The van der Waals surface area contributed by atoms with Crippen LogP contribution >= 0.6 is 11.8 Å². The molecule has 0 aromatic heterocycles. The van der Waals surface area contributed by atoms with Crippen LogP contribution < -0.4 is 0 Å². The van der Waals surface area contributed by atoms with Crippen molar-refractivity contribution in [3.05, 3.63) is 42.5 Å². The highest BCUT2D eigenvalue weighted by Gasteiger charge is 2.41. The molecule has 0 radical (unpaired) electrons. The fourth-order valence-corrected chi connectivity index (χ4v) is 4.47. The molecule has 0 amide bonds. The zero-order valence-corrected chi connectivity index (χ0v) is 17.5. The number of aliphatic hydroxyl groups is 1. The molecule has 0 spiro atoms. The minimum Gasteiger partial charge on any atom is -0.386 e. The van der Waals surface area contributed by atoms with Crippen molar-refractivity contribution >= 4 is 19.8 Å². The van der Waals surface area contributed by atoms with E-state index in [1.807, 2.05) is 6.08 Å². The fraction of sp³-hybridized carbons (Fsp3) is 0.524. The van der Waals surface area contributed by atoms with Crippen LogP contribution in [0.2, 0.25) is 19.6 Å². The average molecular weight is 395 g/mol. The standard InChI is InChI=1S/C21H28F2OSSi/c1-26(2,3)14-8-7-9-17-12-13-18(15-17)16-20(24)21(22,23)25-19-10-5-4-6-11-19/h4-6,10-13,17-18,20,24H,7,9,15-16H2,1-3H3/t17-,18-,20?/m1/s1. The molecule has 0 heterocycles. The third-order valence-corrected chi connectivity index (χ3v) is 6.25. The molecule has 142 valence electrons. The highest BCUT2D eigenvalue weighted by molar-refractivity contribution is 8.00. The van der Waals surface area contributed by atoms with Gasteiger partial charge in [-0.25, -0.2) is 0 Å². The number of halogens is 2. The van der Waals surface area contributed by atoms with Crippen LogP contribution in [0, 0.1) is 23.3 Å². The monoisotopic (exact) mass is 394 g/mol. The average Bonchev–Trinajstić information content (AvgIpc) is 2.98. The molecule has 0 aliphatic heterocycles. The molecule has 0 saturated carbocycles. The largest absolute Gasteiger partial charge is 0.386 e. The lowest BCUT2D eigenvalue weighted by molar-refractivity contribution is -0.0429. The van der Waals surface area contributed by atoms with E-state index in [1.54, 1.807) is 30.3 Å². The van der Waals surface area contributed by atoms with Crippen molar-refractivity contribution in [3.63, 3.8) is 0 Å². The number of hydrogen-bond donors (Lipinski definition) is 1. The Morgan fingerprint density at radius 3 is 2.50 bits per heavy atom. The maximum atomic E-state index is 14.3. The van der Waals surface area contributed by atoms with E-state index in [-0.39, 0.29) is 12.3 Å². The van der Waals surface area contributed by atoms with Gasteiger partial charge in [0, 0.05) is 11.3 Å². The summed E-state index contributed by atoms with van der Waals surface area (Å²) in [6, 6.07) is 8.51. The van der Waals surface area contributed by atoms with Gasteiger partial charge in [-0.3, -0.25) is 0 Å². The number of alkyl halides is 2. The molecule has 2 rings (SSSR count). The molecule has 1 N–H and O–H groups in total. The molecular weight excluding hydrogens is 366 g/mol. The topological polar surface area (TPSA) is 20.2 Å². The molecule has 5 heteroatoms. The molecule has 1 unspecified atom stereocenters. The smallest absolute Gasteiger partial charge is 0.323 e. The highest BCUT2D eigenvalue weighted by atomic mass is 32.2. The van der Waals surface area contributed by atoms with E-state index < -0.39 is 19.4 Å². The van der Waals surface area contributed by atoms with Gasteiger partial charge < -0.3 is 5.11 Å². The molecule has 1 aromatic carbocycles. The third kappa shape index (κ3) is 7.26. The Morgan fingerprint density at radius 2 is 1.85 bits per heavy atom. The van der Waals surface area contributed by atoms with Gasteiger partial charge in [-0.15, -0.1) is 11.5 Å². The summed E-state index contributed by atoms with van der Waals surface area (Å²) in [4.78, 5) is 0.470. The van der Waals surface area contributed by atoms with E-state index >= 15 is 0 Å². The summed E-state index contributed by atoms with van der Waals surface area (Å²) in [5.74, 6) is 3.67. The molecular formula is C21H28F2OSSi. The van der Waals surface area contributed by atoms with Crippen molar-refractivity contribution in [1.82, 2.24) is 0 Å². The van der Waals surface area contributed by atoms with Gasteiger partial charge in [-0.2, -0.15) is 8.78 Å². The van der Waals surface area contributed by atoms with Crippen molar-refractivity contribution < 1.29 is 13.9 Å². The zero-order chi connectivity index (χ0) is 19.2. The number of aliphatic hydroxyl groups excluding tert-OH is 1. The van der Waals surface area contributed by atoms with E-state index in [0.29, 0.717) is 22.6 Å². The van der Waals surface area contributed by atoms with E-state index in [9.17, 15) is 13.9 Å². The Hall–Kier alpha value is -1.09. The van der Waals surface area contributed by atoms with Gasteiger partial charge in [0.2, 0.25) is 0 Å². The first kappa shape index (κ1) is 21.2. The van der Waals surface area contributed by atoms with E-state index in [0.717, 1.165) is 19.3 Å². The molecule has 0 saturated heterocycles. The van der Waals surface area contributed by atoms with Crippen LogP contribution in [-0.4, -0.2) is 24.5 Å². The van der Waals surface area contributed by atoms with Crippen molar-refractivity contribution in [2.45, 2.75) is 61.6 Å². The van der Waals surface area contributed by atoms with Crippen LogP contribution in [0.3, 0.4) is 0 Å². The molecule has 0 fully saturated rings. The summed E-state index contributed by atoms with van der Waals surface area (Å²) >= 11 is 0.435. The Morgan fingerprint density at radius 1 is 1.19 bits per heavy atom. The lowest BCUT2D eigenvalue weighted by Gasteiger charge is -2.24. The maximum absolute atomic E-state index is 14.3. The SMILES string of the molecule is C[Si](C)(C)C#CCC[C@@H]1C=C[C@@H](CC(O)C(F)(F)Sc2ccccc2)C1. The van der Waals surface area contributed by atoms with Gasteiger partial charge in [-0.05, 0) is 55.0 Å². The number of rotatable bonds is 7. The Labute approximate surface area is 161 Å². The molecule has 26 heavy (non-hydrogen) atoms. The Kier molecular flexibility index (Phi) is 7.51. The molecule has 1 aromatic rings. The Balaban J connectivity index is 1.78. The van der Waals surface area contributed by atoms with E-state index in [2.05, 4.69) is 37.2 Å². The maximum Gasteiger partial charge on any atom is 0.323 e. The van der Waals surface area contributed by atoms with E-state index in [4.69, 9.17) is 0 Å². The number of hydrogen-bond acceptors (Lipinski definition) is 2. The molecule has 0 bridgehead atoms. The summed E-state index contributed by atoms with van der Waals surface area (Å²) < 4.78 is 28.6. The zero-order valence-electron chi connectivity index (χ0n) is 15.7. The lowest BCUT2D eigenvalue weighted by Crippen LogP contribution is -2.31. The summed E-state index contributed by atoms with van der Waals surface area (Å²) in [5, 5.41) is 6.88. The number of thioether (sulfide) groups is 1. The summed E-state index contributed by atoms with van der Waals surface area (Å²) in [5.41, 5.74) is 3.36. The van der Waals surface area contributed by atoms with Crippen molar-refractivity contribution in [2.75, 3.05) is 0 Å². The van der Waals surface area contributed by atoms with Crippen LogP contribution in [0.5, 0.6) is 0 Å². The van der Waals surface area contributed by atoms with E-state index in [1.165, 1.54) is 0 Å². The normalized spacial score (nSPS) is 21.3. The number of benzene rings is 1. The van der Waals surface area contributed by atoms with Crippen LogP contribution in [0.1, 0.15) is 25.7 Å². The van der Waals surface area contributed by atoms with Gasteiger partial charge in [0.1, 0.15) is 14.2 Å². The van der Waals surface area contributed by atoms with Gasteiger partial charge >= 0.3 is 5.25 Å². The van der Waals surface area contributed by atoms with Crippen LogP contribution in [0.25, 0.3) is 0 Å². The quantitative estimate of drug-likeness (QED) is 0.266. The second-order valence-corrected chi connectivity index (χ2v) is 13.9. The second-order valence-electron chi connectivity index (χ2n) is 7.96. The van der Waals surface area contributed by atoms with Crippen LogP contribution in [-0.2, 0) is 0 Å². The number of allylic oxidation sites excluding steroid dienone is 2. The first-order chi connectivity index (χ1) is 12.2. The van der Waals surface area contributed by atoms with Crippen molar-refractivity contribution in [2.24, 2.45) is 11.8 Å². The summed E-state index contributed by atoms with van der Waals surface area (Å²) in [7, 11) is -1.32. The molecule has 1 nitrogen and oxygen atoms in total. The van der Waals surface area contributed by atoms with Gasteiger partial charge in [0.15, 0.2) is 0 Å². The first-order valence-corrected chi connectivity index (χ1v) is 13.5. The summed E-state index contributed by atoms with van der Waals surface area (Å²) in [6.07, 6.45) is 5.20. The predicted molar refractivity (Wildman–Crippen MR) is 109 cm³/mol. The van der Waals surface area contributed by atoms with Crippen molar-refractivity contribution in [1.29, 1.82) is 0 Å². The minimum atomic E-state index is -3.18. The minimum absolute atomic E-state index is 0.0159. The predicted octanol–water partition coefficient (Wildman–Crippen LogP) is 5.98. The van der Waals surface area contributed by atoms with Crippen LogP contribution in [0.15, 0.2) is 47.4 Å². The lowest BCUT2D eigenvalue weighted by atomic mass is 9.95. The van der Waals surface area contributed by atoms with Gasteiger partial charge in [0.05, 0.1) is 0 Å². The van der Waals surface area contributed by atoms with Crippen LogP contribution in [0.4, 0.5) is 8.78 Å². The first-order valence-electron chi connectivity index (χ1n) is 9.14. The van der Waals surface area contributed by atoms with Gasteiger partial charge in [-0.1, -0.05) is 50.0 Å². The molecule has 3 atom stereocenters. The highest BCUT2D eigenvalue weighted by Crippen LogP contribution is 2.41. The fourth-order valence-electron chi connectivity index (χ4n) is 2.97. The third-order valence-electron chi connectivity index (χ3n) is 4.28. The van der Waals surface area contributed by atoms with Crippen molar-refractivity contribution in [3.8, 4) is 11.5 Å². The second kappa shape index (κ2) is 9.21. The Bertz CT molecular complexity index is 658. The molecule has 1 aliphatic rings. The van der Waals surface area contributed by atoms with Gasteiger partial charge in [0.25, 0.3) is 0 Å². The molecule has 1 aliphatic carbocycles.